The van der Waals surface area contributed by atoms with E-state index in [4.69, 9.17) is 6.42 Å². The fourth-order valence-corrected chi connectivity index (χ4v) is 2.45. The van der Waals surface area contributed by atoms with Gasteiger partial charge in [-0.3, -0.25) is 4.79 Å². The van der Waals surface area contributed by atoms with Crippen LogP contribution in [0.3, 0.4) is 0 Å². The van der Waals surface area contributed by atoms with Gasteiger partial charge in [0.05, 0.1) is 11.3 Å². The van der Waals surface area contributed by atoms with Gasteiger partial charge in [-0.15, -0.1) is 6.42 Å². The van der Waals surface area contributed by atoms with Crippen LogP contribution in [0.1, 0.15) is 23.0 Å². The molecule has 0 N–H and O–H groups in total. The average Bonchev–Trinajstić information content (AvgIpc) is 2.62. The summed E-state index contributed by atoms with van der Waals surface area (Å²) in [4.78, 5) is 24.9. The fourth-order valence-electron chi connectivity index (χ4n) is 2.45. The lowest BCUT2D eigenvalue weighted by Gasteiger charge is -2.22. The number of fused-ring (bicyclic) bond motifs is 2. The number of hydrogen-bond acceptors (Lipinski definition) is 4. The van der Waals surface area contributed by atoms with Crippen molar-refractivity contribution < 1.29 is 4.79 Å². The average molecular weight is 278 g/mol. The van der Waals surface area contributed by atoms with Crippen LogP contribution in [0.4, 0.5) is 17.3 Å². The topological polar surface area (TPSA) is 49.3 Å². The molecule has 0 fully saturated rings. The Hall–Kier alpha value is -2.87. The van der Waals surface area contributed by atoms with Gasteiger partial charge in [-0.25, -0.2) is 9.97 Å². The van der Waals surface area contributed by atoms with Crippen LogP contribution < -0.4 is 9.80 Å². The molecule has 2 aromatic rings. The molecule has 3 heterocycles. The number of amides is 1. The Morgan fingerprint density at radius 1 is 1.29 bits per heavy atom. The number of rotatable bonds is 1. The molecule has 0 aromatic carbocycles. The minimum atomic E-state index is -0.106. The number of carbonyl (C=O) groups is 1. The van der Waals surface area contributed by atoms with Crippen molar-refractivity contribution in [2.45, 2.75) is 6.92 Å². The minimum absolute atomic E-state index is 0.106. The molecule has 2 aromatic heterocycles. The van der Waals surface area contributed by atoms with Crippen LogP contribution in [0.2, 0.25) is 0 Å². The summed E-state index contributed by atoms with van der Waals surface area (Å²) in [5, 5.41) is 0. The second kappa shape index (κ2) is 4.91. The Balaban J connectivity index is 2.32. The van der Waals surface area contributed by atoms with Crippen LogP contribution in [-0.2, 0) is 0 Å². The van der Waals surface area contributed by atoms with E-state index in [-0.39, 0.29) is 5.91 Å². The molecule has 0 unspecified atom stereocenters. The van der Waals surface area contributed by atoms with E-state index in [1.807, 2.05) is 17.9 Å². The summed E-state index contributed by atoms with van der Waals surface area (Å²) in [5.41, 5.74) is 1.81. The van der Waals surface area contributed by atoms with Gasteiger partial charge in [0.15, 0.2) is 5.82 Å². The third-order valence-corrected chi connectivity index (χ3v) is 3.51. The lowest BCUT2D eigenvalue weighted by Crippen LogP contribution is -2.25. The third kappa shape index (κ3) is 1.93. The Morgan fingerprint density at radius 3 is 2.81 bits per heavy atom. The Morgan fingerprint density at radius 2 is 2.10 bits per heavy atom. The number of pyridine rings is 2. The van der Waals surface area contributed by atoms with Gasteiger partial charge in [-0.1, -0.05) is 5.92 Å². The van der Waals surface area contributed by atoms with Crippen LogP contribution in [0.25, 0.3) is 0 Å². The highest BCUT2D eigenvalue weighted by atomic mass is 16.2. The number of aromatic nitrogens is 2. The van der Waals surface area contributed by atoms with Crippen LogP contribution in [0.5, 0.6) is 0 Å². The molecular weight excluding hydrogens is 264 g/mol. The number of terminal acetylenes is 1. The van der Waals surface area contributed by atoms with E-state index in [0.29, 0.717) is 29.4 Å². The first-order valence-electron chi connectivity index (χ1n) is 6.65. The van der Waals surface area contributed by atoms with Crippen molar-refractivity contribution in [3.8, 4) is 12.3 Å². The summed E-state index contributed by atoms with van der Waals surface area (Å²) in [7, 11) is 1.73. The van der Waals surface area contributed by atoms with E-state index in [9.17, 15) is 4.79 Å². The number of nitrogens with zero attached hydrogens (tertiary/aromatic N) is 4. The number of hydrogen-bond donors (Lipinski definition) is 0. The van der Waals surface area contributed by atoms with E-state index in [0.717, 1.165) is 5.69 Å². The van der Waals surface area contributed by atoms with E-state index < -0.39 is 0 Å². The summed E-state index contributed by atoms with van der Waals surface area (Å²) in [6, 6.07) is 7.09. The van der Waals surface area contributed by atoms with Gasteiger partial charge in [0.25, 0.3) is 5.91 Å². The van der Waals surface area contributed by atoms with Gasteiger partial charge in [0, 0.05) is 19.8 Å². The molecule has 0 radical (unpaired) electrons. The highest BCUT2D eigenvalue weighted by molar-refractivity contribution is 6.12. The van der Waals surface area contributed by atoms with Crippen molar-refractivity contribution in [3.05, 3.63) is 41.7 Å². The highest BCUT2D eigenvalue weighted by Gasteiger charge is 2.30. The van der Waals surface area contributed by atoms with Crippen molar-refractivity contribution in [1.82, 2.24) is 9.97 Å². The first-order valence-corrected chi connectivity index (χ1v) is 6.65. The van der Waals surface area contributed by atoms with Gasteiger partial charge >= 0.3 is 0 Å². The molecular formula is C16H14N4O. The maximum absolute atomic E-state index is 12.6. The molecule has 21 heavy (non-hydrogen) atoms. The standard InChI is InChI=1S/C16H14N4O/c1-4-11-8-9-13-15(18-11)20(5-2)14-12(7-6-10-17-14)16(21)19(13)3/h1,6-10H,5H2,2-3H3. The van der Waals surface area contributed by atoms with E-state index >= 15 is 0 Å². The zero-order valence-electron chi connectivity index (χ0n) is 11.9. The molecule has 1 amide bonds. The van der Waals surface area contributed by atoms with Gasteiger partial charge < -0.3 is 9.80 Å². The molecule has 0 aliphatic carbocycles. The van der Waals surface area contributed by atoms with Gasteiger partial charge in [0.2, 0.25) is 0 Å². The molecule has 3 rings (SSSR count). The van der Waals surface area contributed by atoms with Crippen molar-refractivity contribution >= 4 is 23.2 Å². The fraction of sp³-hybridized carbons (Fsp3) is 0.188. The Kier molecular flexibility index (Phi) is 3.07. The molecule has 5 heteroatoms. The molecule has 0 spiro atoms. The molecule has 0 saturated carbocycles. The molecule has 1 aliphatic rings. The summed E-state index contributed by atoms with van der Waals surface area (Å²) < 4.78 is 0. The van der Waals surface area contributed by atoms with Crippen molar-refractivity contribution in [2.24, 2.45) is 0 Å². The molecule has 104 valence electrons. The van der Waals surface area contributed by atoms with Crippen LogP contribution in [0, 0.1) is 12.3 Å². The smallest absolute Gasteiger partial charge is 0.261 e. The van der Waals surface area contributed by atoms with E-state index in [1.165, 1.54) is 0 Å². The zero-order chi connectivity index (χ0) is 15.0. The maximum Gasteiger partial charge on any atom is 0.261 e. The first-order chi connectivity index (χ1) is 10.2. The SMILES string of the molecule is C#Cc1ccc2c(n1)N(CC)c1ncccc1C(=O)N2C. The molecule has 0 bridgehead atoms. The normalized spacial score (nSPS) is 13.3. The van der Waals surface area contributed by atoms with E-state index in [2.05, 4.69) is 15.9 Å². The predicted molar refractivity (Wildman–Crippen MR) is 81.8 cm³/mol. The largest absolute Gasteiger partial charge is 0.309 e. The summed E-state index contributed by atoms with van der Waals surface area (Å²) in [5.74, 6) is 3.69. The second-order valence-corrected chi connectivity index (χ2v) is 4.67. The van der Waals surface area contributed by atoms with Gasteiger partial charge in [0.1, 0.15) is 11.5 Å². The van der Waals surface area contributed by atoms with Crippen molar-refractivity contribution in [3.63, 3.8) is 0 Å². The molecule has 1 aliphatic heterocycles. The predicted octanol–water partition coefficient (Wildman–Crippen LogP) is 2.21. The van der Waals surface area contributed by atoms with Crippen molar-refractivity contribution in [2.75, 3.05) is 23.4 Å². The lowest BCUT2D eigenvalue weighted by molar-refractivity contribution is 0.0994. The Bertz CT molecular complexity index is 763. The number of anilines is 3. The molecule has 0 atom stereocenters. The quantitative estimate of drug-likeness (QED) is 0.750. The summed E-state index contributed by atoms with van der Waals surface area (Å²) >= 11 is 0. The summed E-state index contributed by atoms with van der Waals surface area (Å²) in [6.45, 7) is 2.63. The molecule has 0 saturated heterocycles. The molecule has 5 nitrogen and oxygen atoms in total. The number of carbonyl (C=O) groups excluding carboxylic acids is 1. The van der Waals surface area contributed by atoms with E-state index in [1.54, 1.807) is 36.3 Å². The third-order valence-electron chi connectivity index (χ3n) is 3.51. The van der Waals surface area contributed by atoms with Crippen LogP contribution in [0.15, 0.2) is 30.5 Å². The first kappa shape index (κ1) is 13.1. The van der Waals surface area contributed by atoms with Gasteiger partial charge in [-0.2, -0.15) is 0 Å². The highest BCUT2D eigenvalue weighted by Crippen LogP contribution is 2.37. The van der Waals surface area contributed by atoms with Crippen molar-refractivity contribution in [1.29, 1.82) is 0 Å². The monoisotopic (exact) mass is 278 g/mol. The summed E-state index contributed by atoms with van der Waals surface area (Å²) in [6.07, 6.45) is 7.11. The lowest BCUT2D eigenvalue weighted by atomic mass is 10.2. The second-order valence-electron chi connectivity index (χ2n) is 4.67. The van der Waals surface area contributed by atoms with Gasteiger partial charge in [-0.05, 0) is 31.2 Å². The zero-order valence-corrected chi connectivity index (χ0v) is 11.9. The Labute approximate surface area is 123 Å². The van der Waals surface area contributed by atoms with Crippen LogP contribution in [-0.4, -0.2) is 29.5 Å². The van der Waals surface area contributed by atoms with Crippen LogP contribution >= 0.6 is 0 Å². The maximum atomic E-state index is 12.6. The minimum Gasteiger partial charge on any atom is -0.309 e.